The van der Waals surface area contributed by atoms with Crippen molar-refractivity contribution in [2.24, 2.45) is 5.73 Å². The molecule has 0 saturated carbocycles. The molecule has 2 unspecified atom stereocenters. The fraction of sp³-hybridized carbons (Fsp3) is 0.462. The van der Waals surface area contributed by atoms with E-state index in [4.69, 9.17) is 20.5 Å². The van der Waals surface area contributed by atoms with Gasteiger partial charge < -0.3 is 15.2 Å². The van der Waals surface area contributed by atoms with Gasteiger partial charge in [0.25, 0.3) is 0 Å². The van der Waals surface area contributed by atoms with E-state index in [2.05, 4.69) is 6.07 Å². The predicted octanol–water partition coefficient (Wildman–Crippen LogP) is 2.40. The molecule has 1 aromatic rings. The molecule has 0 aliphatic heterocycles. The summed E-state index contributed by atoms with van der Waals surface area (Å²) < 4.78 is 10.8. The number of nitriles is 1. The second kappa shape index (κ2) is 6.12. The third kappa shape index (κ3) is 3.36. The van der Waals surface area contributed by atoms with Gasteiger partial charge in [-0.15, -0.1) is 0 Å². The van der Waals surface area contributed by atoms with Crippen LogP contribution in [0.25, 0.3) is 0 Å². The van der Waals surface area contributed by atoms with Crippen LogP contribution in [0.15, 0.2) is 18.2 Å². The van der Waals surface area contributed by atoms with Crippen LogP contribution in [0.4, 0.5) is 0 Å². The van der Waals surface area contributed by atoms with Gasteiger partial charge in [-0.05, 0) is 19.4 Å². The highest BCUT2D eigenvalue weighted by atomic mass is 16.5. The van der Waals surface area contributed by atoms with Crippen molar-refractivity contribution in [1.29, 1.82) is 5.26 Å². The van der Waals surface area contributed by atoms with E-state index in [9.17, 15) is 0 Å². The lowest BCUT2D eigenvalue weighted by molar-refractivity contribution is 0.247. The van der Waals surface area contributed by atoms with E-state index < -0.39 is 6.10 Å². The molecule has 1 rings (SSSR count). The first kappa shape index (κ1) is 13.3. The van der Waals surface area contributed by atoms with E-state index in [1.807, 2.05) is 26.0 Å². The Morgan fingerprint density at radius 1 is 1.47 bits per heavy atom. The standard InChI is InChI=1S/C13H18N2O2/c1-4-10(8-14)17-13-7-11(16-3)5-6-12(13)9(2)15/h5-7,9-10H,4,15H2,1-3H3. The van der Waals surface area contributed by atoms with Crippen LogP contribution in [0.5, 0.6) is 11.5 Å². The Kier molecular flexibility index (Phi) is 4.80. The summed E-state index contributed by atoms with van der Waals surface area (Å²) in [6, 6.07) is 7.41. The second-order valence-corrected chi connectivity index (χ2v) is 3.84. The molecule has 4 heteroatoms. The number of rotatable bonds is 5. The Labute approximate surface area is 102 Å². The van der Waals surface area contributed by atoms with Gasteiger partial charge in [0.15, 0.2) is 6.10 Å². The highest BCUT2D eigenvalue weighted by Crippen LogP contribution is 2.29. The number of benzene rings is 1. The smallest absolute Gasteiger partial charge is 0.184 e. The largest absolute Gasteiger partial charge is 0.497 e. The van der Waals surface area contributed by atoms with Crippen LogP contribution in [0.1, 0.15) is 31.9 Å². The molecule has 0 heterocycles. The Bertz CT molecular complexity index is 410. The third-order valence-corrected chi connectivity index (χ3v) is 2.50. The van der Waals surface area contributed by atoms with E-state index in [-0.39, 0.29) is 6.04 Å². The van der Waals surface area contributed by atoms with Gasteiger partial charge in [-0.1, -0.05) is 13.0 Å². The Balaban J connectivity index is 3.05. The van der Waals surface area contributed by atoms with Crippen molar-refractivity contribution < 1.29 is 9.47 Å². The molecule has 0 fully saturated rings. The van der Waals surface area contributed by atoms with Crippen LogP contribution in [-0.4, -0.2) is 13.2 Å². The molecule has 92 valence electrons. The van der Waals surface area contributed by atoms with Gasteiger partial charge in [0.2, 0.25) is 0 Å². The van der Waals surface area contributed by atoms with Crippen molar-refractivity contribution in [3.05, 3.63) is 23.8 Å². The van der Waals surface area contributed by atoms with Gasteiger partial charge in [0, 0.05) is 17.7 Å². The zero-order valence-electron chi connectivity index (χ0n) is 10.4. The summed E-state index contributed by atoms with van der Waals surface area (Å²) >= 11 is 0. The van der Waals surface area contributed by atoms with Crippen LogP contribution in [0.3, 0.4) is 0 Å². The zero-order chi connectivity index (χ0) is 12.8. The lowest BCUT2D eigenvalue weighted by Gasteiger charge is -2.17. The van der Waals surface area contributed by atoms with Gasteiger partial charge in [-0.3, -0.25) is 0 Å². The maximum absolute atomic E-state index is 8.91. The van der Waals surface area contributed by atoms with Crippen LogP contribution in [-0.2, 0) is 0 Å². The quantitative estimate of drug-likeness (QED) is 0.849. The SMILES string of the molecule is CCC(C#N)Oc1cc(OC)ccc1C(C)N. The van der Waals surface area contributed by atoms with E-state index in [0.717, 1.165) is 5.56 Å². The molecular weight excluding hydrogens is 216 g/mol. The molecule has 0 radical (unpaired) electrons. The number of nitrogens with zero attached hydrogens (tertiary/aromatic N) is 1. The minimum atomic E-state index is -0.459. The van der Waals surface area contributed by atoms with Gasteiger partial charge >= 0.3 is 0 Å². The average Bonchev–Trinajstić information content (AvgIpc) is 2.35. The number of hydrogen-bond acceptors (Lipinski definition) is 4. The molecule has 0 spiro atoms. The van der Waals surface area contributed by atoms with Gasteiger partial charge in [0.1, 0.15) is 17.6 Å². The van der Waals surface area contributed by atoms with Gasteiger partial charge in [-0.25, -0.2) is 0 Å². The van der Waals surface area contributed by atoms with Crippen molar-refractivity contribution >= 4 is 0 Å². The summed E-state index contributed by atoms with van der Waals surface area (Å²) in [7, 11) is 1.59. The van der Waals surface area contributed by atoms with E-state index in [1.165, 1.54) is 0 Å². The second-order valence-electron chi connectivity index (χ2n) is 3.84. The van der Waals surface area contributed by atoms with Crippen molar-refractivity contribution in [2.45, 2.75) is 32.4 Å². The van der Waals surface area contributed by atoms with Crippen molar-refractivity contribution in [1.82, 2.24) is 0 Å². The molecule has 0 aromatic heterocycles. The van der Waals surface area contributed by atoms with Gasteiger partial charge in [-0.2, -0.15) is 5.26 Å². The molecule has 2 N–H and O–H groups in total. The van der Waals surface area contributed by atoms with Crippen LogP contribution in [0.2, 0.25) is 0 Å². The number of ether oxygens (including phenoxy) is 2. The summed E-state index contributed by atoms with van der Waals surface area (Å²) in [6.07, 6.45) is 0.172. The fourth-order valence-corrected chi connectivity index (χ4v) is 1.47. The maximum atomic E-state index is 8.91. The van der Waals surface area contributed by atoms with Crippen molar-refractivity contribution in [3.8, 4) is 17.6 Å². The molecule has 0 aliphatic rings. The highest BCUT2D eigenvalue weighted by Gasteiger charge is 2.13. The first-order chi connectivity index (χ1) is 8.12. The summed E-state index contributed by atoms with van der Waals surface area (Å²) in [4.78, 5) is 0. The van der Waals surface area contributed by atoms with Crippen molar-refractivity contribution in [3.63, 3.8) is 0 Å². The average molecular weight is 234 g/mol. The molecule has 17 heavy (non-hydrogen) atoms. The lowest BCUT2D eigenvalue weighted by atomic mass is 10.1. The summed E-state index contributed by atoms with van der Waals surface area (Å²) in [5.41, 5.74) is 6.74. The first-order valence-corrected chi connectivity index (χ1v) is 5.62. The van der Waals surface area contributed by atoms with E-state index >= 15 is 0 Å². The van der Waals surface area contributed by atoms with Crippen LogP contribution >= 0.6 is 0 Å². The van der Waals surface area contributed by atoms with Gasteiger partial charge in [0.05, 0.1) is 7.11 Å². The molecule has 0 bridgehead atoms. The monoisotopic (exact) mass is 234 g/mol. The predicted molar refractivity (Wildman–Crippen MR) is 65.9 cm³/mol. The molecule has 0 saturated heterocycles. The maximum Gasteiger partial charge on any atom is 0.184 e. The number of hydrogen-bond donors (Lipinski definition) is 1. The normalized spacial score (nSPS) is 13.6. The summed E-state index contributed by atoms with van der Waals surface area (Å²) in [5, 5.41) is 8.91. The Morgan fingerprint density at radius 2 is 2.18 bits per heavy atom. The molecule has 0 aliphatic carbocycles. The Morgan fingerprint density at radius 3 is 2.65 bits per heavy atom. The summed E-state index contributed by atoms with van der Waals surface area (Å²) in [5.74, 6) is 1.31. The fourth-order valence-electron chi connectivity index (χ4n) is 1.47. The first-order valence-electron chi connectivity index (χ1n) is 5.62. The molecule has 1 aromatic carbocycles. The molecule has 0 amide bonds. The minimum absolute atomic E-state index is 0.146. The topological polar surface area (TPSA) is 68.3 Å². The molecule has 2 atom stereocenters. The van der Waals surface area contributed by atoms with E-state index in [1.54, 1.807) is 13.2 Å². The number of methoxy groups -OCH3 is 1. The zero-order valence-corrected chi connectivity index (χ0v) is 10.4. The number of nitrogens with two attached hydrogens (primary N) is 1. The summed E-state index contributed by atoms with van der Waals surface area (Å²) in [6.45, 7) is 3.78. The molecule has 4 nitrogen and oxygen atoms in total. The van der Waals surface area contributed by atoms with Crippen molar-refractivity contribution in [2.75, 3.05) is 7.11 Å². The Hall–Kier alpha value is -1.73. The van der Waals surface area contributed by atoms with Crippen LogP contribution in [0, 0.1) is 11.3 Å². The minimum Gasteiger partial charge on any atom is -0.497 e. The highest BCUT2D eigenvalue weighted by molar-refractivity contribution is 5.42. The lowest BCUT2D eigenvalue weighted by Crippen LogP contribution is -2.15. The third-order valence-electron chi connectivity index (χ3n) is 2.50. The van der Waals surface area contributed by atoms with E-state index in [0.29, 0.717) is 17.9 Å². The van der Waals surface area contributed by atoms with Crippen LogP contribution < -0.4 is 15.2 Å². The molecular formula is C13H18N2O2.